The van der Waals surface area contributed by atoms with E-state index in [-0.39, 0.29) is 18.9 Å². The van der Waals surface area contributed by atoms with Gasteiger partial charge in [0.25, 0.3) is 0 Å². The molecule has 0 N–H and O–H groups in total. The summed E-state index contributed by atoms with van der Waals surface area (Å²) in [5.41, 5.74) is 0. The van der Waals surface area contributed by atoms with Crippen LogP contribution < -0.4 is 18.9 Å². The molecule has 0 aliphatic carbocycles. The van der Waals surface area contributed by atoms with Gasteiger partial charge in [0.05, 0.1) is 0 Å². The average Bonchev–Trinajstić information content (AvgIpc) is 0.811. The van der Waals surface area contributed by atoms with Gasteiger partial charge in [-0.2, -0.15) is 16.3 Å². The zero-order chi connectivity index (χ0) is 3.58. The number of hydrogen-bond donors (Lipinski definition) is 0. The Labute approximate surface area is 48.3 Å². The van der Waals surface area contributed by atoms with Gasteiger partial charge in [0.15, 0.2) is 0 Å². The number of rotatable bonds is 0. The van der Waals surface area contributed by atoms with Crippen LogP contribution in [0.15, 0.2) is 0 Å². The van der Waals surface area contributed by atoms with E-state index in [1.807, 2.05) is 0 Å². The number of halogens is 1. The fraction of sp³-hybridized carbons (Fsp3) is 1.00. The molecule has 0 rings (SSSR count). The molecule has 0 bridgehead atoms. The molecule has 3 radical (unpaired) electrons. The molecule has 0 fully saturated rings. The van der Waals surface area contributed by atoms with Crippen LogP contribution in [-0.2, 0) is 0 Å². The smallest absolute Gasteiger partial charge is 0.522 e. The van der Waals surface area contributed by atoms with Gasteiger partial charge in [0.2, 0.25) is 0 Å². The van der Waals surface area contributed by atoms with Crippen molar-refractivity contribution in [2.24, 2.45) is 0 Å². The van der Waals surface area contributed by atoms with E-state index in [0.29, 0.717) is 0 Å². The van der Waals surface area contributed by atoms with Crippen molar-refractivity contribution in [2.45, 2.75) is 6.55 Å². The second-order valence-electron chi connectivity index (χ2n) is 0.533. The summed E-state index contributed by atoms with van der Waals surface area (Å²) in [4.78, 5) is 0. The van der Waals surface area contributed by atoms with E-state index in [9.17, 15) is 4.11 Å². The first kappa shape index (κ1) is 9.35. The standard InChI is InChI=1S/CH3FSi2.Li/c1-4(2)3;/h1H3;/q-1;+1. The predicted molar refractivity (Wildman–Crippen MR) is 18.5 cm³/mol. The van der Waals surface area contributed by atoms with Crippen LogP contribution in [0.2, 0.25) is 6.55 Å². The Balaban J connectivity index is 0. The first-order valence-electron chi connectivity index (χ1n) is 0.939. The first-order valence-corrected chi connectivity index (χ1v) is 4.32. The van der Waals surface area contributed by atoms with Crippen LogP contribution in [-0.4, -0.2) is 18.4 Å². The van der Waals surface area contributed by atoms with Crippen molar-refractivity contribution in [3.8, 4) is 0 Å². The van der Waals surface area contributed by atoms with Crippen LogP contribution in [0.4, 0.5) is 4.11 Å². The van der Waals surface area contributed by atoms with Gasteiger partial charge >= 0.3 is 18.9 Å². The molecule has 0 aromatic rings. The molecule has 4 heteroatoms. The van der Waals surface area contributed by atoms with Gasteiger partial charge < -0.3 is 4.11 Å². The molecule has 0 aromatic carbocycles. The molecule has 0 saturated carbocycles. The zero-order valence-corrected chi connectivity index (χ0v) is 5.38. The minimum Gasteiger partial charge on any atom is -0.522 e. The Kier molecular flexibility index (Phi) is 9.28. The van der Waals surface area contributed by atoms with Gasteiger partial charge in [-0.25, -0.2) is 0 Å². The third kappa shape index (κ3) is 47.1. The fourth-order valence-corrected chi connectivity index (χ4v) is 0. The Bertz CT molecular complexity index is 14.4. The van der Waals surface area contributed by atoms with E-state index in [0.717, 1.165) is 0 Å². The van der Waals surface area contributed by atoms with Crippen molar-refractivity contribution in [1.82, 2.24) is 0 Å². The minimum absolute atomic E-state index is 0. The van der Waals surface area contributed by atoms with E-state index in [2.05, 4.69) is 9.76 Å². The fourth-order valence-electron chi connectivity index (χ4n) is 0. The summed E-state index contributed by atoms with van der Waals surface area (Å²) in [6, 6.07) is 0. The van der Waals surface area contributed by atoms with Gasteiger partial charge in [0.1, 0.15) is 0 Å². The molecule has 0 heterocycles. The third-order valence-corrected chi connectivity index (χ3v) is 0. The van der Waals surface area contributed by atoms with E-state index >= 15 is 0 Å². The molecule has 0 aliphatic heterocycles. The van der Waals surface area contributed by atoms with Crippen LogP contribution >= 0.6 is 0 Å². The second kappa shape index (κ2) is 4.96. The van der Waals surface area contributed by atoms with E-state index < -0.39 is 8.65 Å². The van der Waals surface area contributed by atoms with E-state index in [4.69, 9.17) is 0 Å². The van der Waals surface area contributed by atoms with Crippen LogP contribution in [0.5, 0.6) is 0 Å². The van der Waals surface area contributed by atoms with Gasteiger partial charge in [-0.15, -0.1) is 0 Å². The average molecular weight is 97.1 g/mol. The molecule has 23 valence electrons. The molecule has 0 atom stereocenters. The molecule has 0 saturated heterocycles. The molecule has 0 unspecified atom stereocenters. The maximum absolute atomic E-state index is 11.0. The molecule has 0 aromatic heterocycles. The zero-order valence-electron chi connectivity index (χ0n) is 3.38. The monoisotopic (exact) mass is 97.0 g/mol. The first-order chi connectivity index (χ1) is 1.73. The van der Waals surface area contributed by atoms with Crippen LogP contribution in [0.25, 0.3) is 0 Å². The maximum atomic E-state index is 11.0. The third-order valence-electron chi connectivity index (χ3n) is 0. The Morgan fingerprint density at radius 3 is 1.80 bits per heavy atom. The Morgan fingerprint density at radius 1 is 1.80 bits per heavy atom. The van der Waals surface area contributed by atoms with Crippen molar-refractivity contribution in [1.29, 1.82) is 0 Å². The summed E-state index contributed by atoms with van der Waals surface area (Å²) in [7, 11) is 1.17. The van der Waals surface area contributed by atoms with Crippen molar-refractivity contribution in [3.05, 3.63) is 0 Å². The second-order valence-corrected chi connectivity index (χ2v) is 3.67. The van der Waals surface area contributed by atoms with Gasteiger partial charge in [0, 0.05) is 0 Å². The molecule has 5 heavy (non-hydrogen) atoms. The van der Waals surface area contributed by atoms with Crippen molar-refractivity contribution < 1.29 is 23.0 Å². The summed E-state index contributed by atoms with van der Waals surface area (Å²) >= 11 is 0. The normalized spacial score (nSPS) is 7.20. The van der Waals surface area contributed by atoms with Crippen molar-refractivity contribution in [3.63, 3.8) is 0 Å². The predicted octanol–water partition coefficient (Wildman–Crippen LogP) is -2.75. The van der Waals surface area contributed by atoms with Gasteiger partial charge in [-0.3, -0.25) is 0 Å². The van der Waals surface area contributed by atoms with E-state index in [1.165, 1.54) is 6.55 Å². The quantitative estimate of drug-likeness (QED) is 0.227. The molecule has 0 aliphatic rings. The van der Waals surface area contributed by atoms with Gasteiger partial charge in [-0.05, 0) is 0 Å². The summed E-state index contributed by atoms with van der Waals surface area (Å²) in [5.74, 6) is 0. The molecule has 0 spiro atoms. The van der Waals surface area contributed by atoms with Crippen molar-refractivity contribution in [2.75, 3.05) is 0 Å². The summed E-state index contributed by atoms with van der Waals surface area (Å²) in [6.45, 7) is 1.52. The molecule has 0 amide bonds. The minimum atomic E-state index is -1.57. The van der Waals surface area contributed by atoms with Crippen LogP contribution in [0.1, 0.15) is 0 Å². The topological polar surface area (TPSA) is 0 Å². The summed E-state index contributed by atoms with van der Waals surface area (Å²) in [6.07, 6.45) is 0. The summed E-state index contributed by atoms with van der Waals surface area (Å²) < 4.78 is 11.0. The SMILES string of the molecule is C[Si-](F)[Si].[Li+]. The van der Waals surface area contributed by atoms with Crippen LogP contribution in [0, 0.1) is 0 Å². The molecular weight excluding hydrogens is 94.1 g/mol. The maximum Gasteiger partial charge on any atom is 1.00 e. The Hall–Kier alpha value is 0.961. The Morgan fingerprint density at radius 2 is 1.80 bits per heavy atom. The van der Waals surface area contributed by atoms with Gasteiger partial charge in [-0.1, -0.05) is 8.65 Å². The largest absolute Gasteiger partial charge is 1.00 e. The van der Waals surface area contributed by atoms with E-state index in [1.54, 1.807) is 0 Å². The summed E-state index contributed by atoms with van der Waals surface area (Å²) in [5, 5.41) is 0. The van der Waals surface area contributed by atoms with Crippen LogP contribution in [0.3, 0.4) is 0 Å². The molecular formula is CH3FLiSi2. The molecule has 0 nitrogen and oxygen atoms in total. The van der Waals surface area contributed by atoms with Crippen molar-refractivity contribution >= 4 is 18.4 Å². The number of hydrogen-bond acceptors (Lipinski definition) is 0.